The molecule has 0 atom stereocenters. The first-order valence-electron chi connectivity index (χ1n) is 2.03. The molecule has 0 aromatic rings. The second-order valence-corrected chi connectivity index (χ2v) is 5.75. The molecule has 0 radical (unpaired) electrons. The third-order valence-corrected chi connectivity index (χ3v) is 0. The van der Waals surface area contributed by atoms with Crippen molar-refractivity contribution in [2.75, 3.05) is 0 Å². The molecule has 0 aliphatic rings. The fourth-order valence-corrected chi connectivity index (χ4v) is 0. The predicted octanol–water partition coefficient (Wildman–Crippen LogP) is 6.38. The zero-order valence-electron chi connectivity index (χ0n) is 6.14. The molecule has 0 rings (SSSR count). The molecular formula is CaF12P2. The quantitative estimate of drug-likeness (QED) is 0.274. The van der Waals surface area contributed by atoms with Gasteiger partial charge in [-0.05, 0) is 0 Å². The summed E-state index contributed by atoms with van der Waals surface area (Å²) in [5, 5.41) is 0. The first-order chi connectivity index (χ1) is 4.90. The number of hydrogen-bond acceptors (Lipinski definition) is 0. The van der Waals surface area contributed by atoms with Gasteiger partial charge in [0, 0.05) is 0 Å². The van der Waals surface area contributed by atoms with E-state index in [0.717, 1.165) is 0 Å². The van der Waals surface area contributed by atoms with E-state index in [1.807, 2.05) is 0 Å². The first-order valence-corrected chi connectivity index (χ1v) is 6.09. The Balaban J connectivity index is -0.000000180. The van der Waals surface area contributed by atoms with Gasteiger partial charge in [-0.1, -0.05) is 0 Å². The van der Waals surface area contributed by atoms with Crippen molar-refractivity contribution in [1.29, 1.82) is 0 Å². The summed E-state index contributed by atoms with van der Waals surface area (Å²) >= 11 is 0. The first kappa shape index (κ1) is 21.6. The van der Waals surface area contributed by atoms with Crippen molar-refractivity contribution < 1.29 is 50.4 Å². The molecule has 0 aliphatic carbocycles. The van der Waals surface area contributed by atoms with Crippen molar-refractivity contribution in [1.82, 2.24) is 0 Å². The average Bonchev–Trinajstić information content (AvgIpc) is 0.938. The maximum Gasteiger partial charge on any atom is 2.00 e. The van der Waals surface area contributed by atoms with E-state index in [1.165, 1.54) is 0 Å². The number of rotatable bonds is 0. The summed E-state index contributed by atoms with van der Waals surface area (Å²) in [4.78, 5) is 0. The molecule has 0 nitrogen and oxygen atoms in total. The van der Waals surface area contributed by atoms with Gasteiger partial charge in [0.2, 0.25) is 0 Å². The Labute approximate surface area is 103 Å². The number of halogens is 12. The Hall–Kier alpha value is 1.28. The summed E-state index contributed by atoms with van der Waals surface area (Å²) in [6.45, 7) is 0. The predicted molar refractivity (Wildman–Crippen MR) is 32.9 cm³/mol. The van der Waals surface area contributed by atoms with Gasteiger partial charge in [-0.3, -0.25) is 0 Å². The van der Waals surface area contributed by atoms with Crippen LogP contribution in [0.15, 0.2) is 0 Å². The molecule has 15 heteroatoms. The molecule has 0 aromatic carbocycles. The molecule has 0 saturated carbocycles. The standard InChI is InChI=1S/Ca.2F6P/c;2*1-7(2,3,4,5)6/q+2;2*-1. The van der Waals surface area contributed by atoms with Crippen LogP contribution in [0.4, 0.5) is 50.4 Å². The van der Waals surface area contributed by atoms with Crippen molar-refractivity contribution in [3.63, 3.8) is 0 Å². The minimum Gasteiger partial charge on any atom is 2.00 e. The Morgan fingerprint density at radius 1 is 0.333 bits per heavy atom. The summed E-state index contributed by atoms with van der Waals surface area (Å²) < 4.78 is 118. The molecule has 96 valence electrons. The van der Waals surface area contributed by atoms with E-state index in [0.29, 0.717) is 0 Å². The van der Waals surface area contributed by atoms with Crippen LogP contribution < -0.4 is 0 Å². The zero-order chi connectivity index (χ0) is 12.8. The maximum atomic E-state index is 9.87. The third kappa shape index (κ3) is 1650. The Kier molecular flexibility index (Phi) is 4.58. The molecule has 0 bridgehead atoms. The Morgan fingerprint density at radius 3 is 0.333 bits per heavy atom. The van der Waals surface area contributed by atoms with Crippen LogP contribution in [0.1, 0.15) is 0 Å². The van der Waals surface area contributed by atoms with Crippen molar-refractivity contribution in [3.8, 4) is 0 Å². The monoisotopic (exact) mass is 330 g/mol. The smallest absolute Gasteiger partial charge is 2.00 e. The third-order valence-electron chi connectivity index (χ3n) is 0. The molecule has 0 N–H and O–H groups in total. The Bertz CT molecular complexity index is 161. The van der Waals surface area contributed by atoms with Crippen LogP contribution in [-0.4, -0.2) is 37.7 Å². The summed E-state index contributed by atoms with van der Waals surface area (Å²) in [5.41, 5.74) is 0. The zero-order valence-corrected chi connectivity index (χ0v) is 10.1. The van der Waals surface area contributed by atoms with E-state index >= 15 is 0 Å². The van der Waals surface area contributed by atoms with E-state index in [-0.39, 0.29) is 37.7 Å². The van der Waals surface area contributed by atoms with E-state index < -0.39 is 15.6 Å². The van der Waals surface area contributed by atoms with Crippen LogP contribution in [0.25, 0.3) is 0 Å². The van der Waals surface area contributed by atoms with Crippen molar-refractivity contribution in [3.05, 3.63) is 0 Å². The van der Waals surface area contributed by atoms with Crippen molar-refractivity contribution >= 4 is 53.4 Å². The maximum absolute atomic E-state index is 10.7. The van der Waals surface area contributed by atoms with Gasteiger partial charge in [0.25, 0.3) is 0 Å². The molecule has 0 heterocycles. The molecule has 0 unspecified atom stereocenters. The second-order valence-electron chi connectivity index (χ2n) is 1.92. The van der Waals surface area contributed by atoms with Gasteiger partial charge in [0.15, 0.2) is 0 Å². The topological polar surface area (TPSA) is 0 Å². The normalized spacial score (nSPS) is 21.6. The van der Waals surface area contributed by atoms with Gasteiger partial charge >= 0.3 is 104 Å². The van der Waals surface area contributed by atoms with Crippen LogP contribution in [-0.2, 0) is 0 Å². The van der Waals surface area contributed by atoms with Crippen molar-refractivity contribution in [2.24, 2.45) is 0 Å². The molecule has 0 aromatic heterocycles. The van der Waals surface area contributed by atoms with Gasteiger partial charge in [0.05, 0.1) is 0 Å². The summed E-state index contributed by atoms with van der Waals surface area (Å²) in [5.74, 6) is 0. The van der Waals surface area contributed by atoms with Gasteiger partial charge < -0.3 is 0 Å². The van der Waals surface area contributed by atoms with Gasteiger partial charge in [-0.25, -0.2) is 0 Å². The van der Waals surface area contributed by atoms with Crippen LogP contribution >= 0.6 is 15.6 Å². The summed E-state index contributed by atoms with van der Waals surface area (Å²) in [6, 6.07) is 0. The largest absolute Gasteiger partial charge is 2.00 e. The van der Waals surface area contributed by atoms with Gasteiger partial charge in [-0.15, -0.1) is 0 Å². The summed E-state index contributed by atoms with van der Waals surface area (Å²) in [6.07, 6.45) is 0. The Morgan fingerprint density at radius 2 is 0.333 bits per heavy atom. The molecule has 0 saturated heterocycles. The summed E-state index contributed by atoms with van der Waals surface area (Å²) in [7, 11) is -21.3. The molecule has 0 aliphatic heterocycles. The molecule has 0 amide bonds. The second kappa shape index (κ2) is 3.18. The minimum atomic E-state index is -10.7. The molecule has 0 fully saturated rings. The number of hydrogen-bond donors (Lipinski definition) is 0. The van der Waals surface area contributed by atoms with Crippen LogP contribution in [0.3, 0.4) is 0 Å². The SMILES string of the molecule is F[P-](F)(F)(F)(F)F.F[P-](F)(F)(F)(F)F.[Ca+2]. The minimum absolute atomic E-state index is 0. The van der Waals surface area contributed by atoms with E-state index in [1.54, 1.807) is 0 Å². The van der Waals surface area contributed by atoms with Crippen LogP contribution in [0.5, 0.6) is 0 Å². The van der Waals surface area contributed by atoms with Crippen LogP contribution in [0, 0.1) is 0 Å². The van der Waals surface area contributed by atoms with Gasteiger partial charge in [0.1, 0.15) is 0 Å². The van der Waals surface area contributed by atoms with E-state index in [4.69, 9.17) is 0 Å². The molecule has 0 spiro atoms. The van der Waals surface area contributed by atoms with E-state index in [9.17, 15) is 50.4 Å². The van der Waals surface area contributed by atoms with E-state index in [2.05, 4.69) is 0 Å². The average molecular weight is 330 g/mol. The van der Waals surface area contributed by atoms with Crippen LogP contribution in [0.2, 0.25) is 0 Å². The molecular weight excluding hydrogens is 330 g/mol. The van der Waals surface area contributed by atoms with Crippen molar-refractivity contribution in [2.45, 2.75) is 0 Å². The fraction of sp³-hybridized carbons (Fsp3) is 0. The molecule has 15 heavy (non-hydrogen) atoms. The van der Waals surface area contributed by atoms with Gasteiger partial charge in [-0.2, -0.15) is 0 Å². The fourth-order valence-electron chi connectivity index (χ4n) is 0.